The predicted octanol–water partition coefficient (Wildman–Crippen LogP) is 6.72. The summed E-state index contributed by atoms with van der Waals surface area (Å²) >= 11 is 0. The number of carbonyl (C=O) groups is 1. The molecule has 0 aliphatic carbocycles. The second-order valence-electron chi connectivity index (χ2n) is 8.73. The summed E-state index contributed by atoms with van der Waals surface area (Å²) in [5.41, 5.74) is 0.628. The minimum Gasteiger partial charge on any atom is -0.299 e. The zero-order chi connectivity index (χ0) is 20.9. The lowest BCUT2D eigenvalue weighted by atomic mass is 9.97. The van der Waals surface area contributed by atoms with Gasteiger partial charge in [0.2, 0.25) is 0 Å². The Labute approximate surface area is 165 Å². The molecule has 0 unspecified atom stereocenters. The van der Waals surface area contributed by atoms with Crippen molar-refractivity contribution in [3.05, 3.63) is 35.4 Å². The Bertz CT molecular complexity index is 622. The van der Waals surface area contributed by atoms with Crippen LogP contribution in [0.1, 0.15) is 71.3 Å². The Balaban J connectivity index is 3.40. The largest absolute Gasteiger partial charge is 0.402 e. The molecule has 154 valence electrons. The van der Waals surface area contributed by atoms with E-state index in [-0.39, 0.29) is 35.9 Å². The van der Waals surface area contributed by atoms with Gasteiger partial charge in [0.25, 0.3) is 5.52 Å². The van der Waals surface area contributed by atoms with Gasteiger partial charge in [-0.15, -0.1) is 0 Å². The van der Waals surface area contributed by atoms with Crippen LogP contribution < -0.4 is 0 Å². The molecule has 0 radical (unpaired) electrons. The van der Waals surface area contributed by atoms with Crippen LogP contribution in [0, 0.1) is 30.6 Å². The van der Waals surface area contributed by atoms with E-state index >= 15 is 0 Å². The monoisotopic (exact) mass is 396 g/mol. The van der Waals surface area contributed by atoms with E-state index in [9.17, 15) is 9.36 Å². The fraction of sp³-hybridized carbons (Fsp3) is 0.682. The van der Waals surface area contributed by atoms with Crippen molar-refractivity contribution in [2.24, 2.45) is 23.7 Å². The van der Waals surface area contributed by atoms with Gasteiger partial charge < -0.3 is 0 Å². The van der Waals surface area contributed by atoms with Crippen molar-refractivity contribution in [2.75, 3.05) is 0 Å². The number of rotatable bonds is 10. The molecule has 0 heterocycles. The summed E-state index contributed by atoms with van der Waals surface area (Å²) in [5.74, 6) is 0.456. The third-order valence-electron chi connectivity index (χ3n) is 4.77. The van der Waals surface area contributed by atoms with Gasteiger partial charge in [0, 0.05) is 5.56 Å². The number of hydrogen-bond acceptors (Lipinski definition) is 4. The second-order valence-corrected chi connectivity index (χ2v) is 10.6. The zero-order valence-corrected chi connectivity index (χ0v) is 19.2. The molecular formula is C22H37O4P. The molecular weight excluding hydrogens is 359 g/mol. The molecule has 0 aromatic heterocycles. The van der Waals surface area contributed by atoms with E-state index in [1.54, 1.807) is 12.1 Å². The van der Waals surface area contributed by atoms with Gasteiger partial charge in [-0.05, 0) is 36.2 Å². The average molecular weight is 397 g/mol. The van der Waals surface area contributed by atoms with Gasteiger partial charge in [0.15, 0.2) is 0 Å². The molecule has 0 saturated heterocycles. The Hall–Kier alpha value is -0.960. The first kappa shape index (κ1) is 24.1. The molecule has 0 atom stereocenters. The van der Waals surface area contributed by atoms with Crippen molar-refractivity contribution in [2.45, 2.75) is 74.5 Å². The number of hydrogen-bond donors (Lipinski definition) is 0. The van der Waals surface area contributed by atoms with Gasteiger partial charge in [0.05, 0.1) is 12.2 Å². The Kier molecular flexibility index (Phi) is 8.92. The van der Waals surface area contributed by atoms with Crippen molar-refractivity contribution in [1.29, 1.82) is 0 Å². The highest BCUT2D eigenvalue weighted by Crippen LogP contribution is 2.56. The van der Waals surface area contributed by atoms with Gasteiger partial charge in [-0.3, -0.25) is 18.4 Å². The van der Waals surface area contributed by atoms with Crippen molar-refractivity contribution in [3.63, 3.8) is 0 Å². The molecule has 0 N–H and O–H groups in total. The Morgan fingerprint density at radius 2 is 1.15 bits per heavy atom. The van der Waals surface area contributed by atoms with E-state index in [2.05, 4.69) is 0 Å². The Morgan fingerprint density at radius 1 is 0.778 bits per heavy atom. The predicted molar refractivity (Wildman–Crippen MR) is 112 cm³/mol. The van der Waals surface area contributed by atoms with Gasteiger partial charge in [-0.25, -0.2) is 0 Å². The van der Waals surface area contributed by atoms with Crippen LogP contribution >= 0.6 is 7.60 Å². The smallest absolute Gasteiger partial charge is 0.299 e. The Morgan fingerprint density at radius 3 is 1.48 bits per heavy atom. The molecule has 0 aliphatic rings. The fourth-order valence-electron chi connectivity index (χ4n) is 3.43. The van der Waals surface area contributed by atoms with Gasteiger partial charge in [-0.2, -0.15) is 0 Å². The van der Waals surface area contributed by atoms with Crippen LogP contribution in [0.15, 0.2) is 24.3 Å². The quantitative estimate of drug-likeness (QED) is 0.412. The highest BCUT2D eigenvalue weighted by Gasteiger charge is 2.43. The fourth-order valence-corrected chi connectivity index (χ4v) is 5.83. The van der Waals surface area contributed by atoms with Gasteiger partial charge in [0.1, 0.15) is 0 Å². The van der Waals surface area contributed by atoms with Gasteiger partial charge in [-0.1, -0.05) is 79.7 Å². The first-order valence-corrected chi connectivity index (χ1v) is 11.5. The molecule has 1 rings (SSSR count). The molecule has 1 aromatic carbocycles. The molecule has 5 heteroatoms. The van der Waals surface area contributed by atoms with Crippen LogP contribution in [0.25, 0.3) is 0 Å². The maximum Gasteiger partial charge on any atom is 0.402 e. The third kappa shape index (κ3) is 6.27. The van der Waals surface area contributed by atoms with E-state index in [4.69, 9.17) is 9.05 Å². The summed E-state index contributed by atoms with van der Waals surface area (Å²) in [6, 6.07) is 7.16. The molecule has 0 bridgehead atoms. The van der Waals surface area contributed by atoms with Crippen molar-refractivity contribution in [3.8, 4) is 0 Å². The molecule has 0 saturated carbocycles. The lowest BCUT2D eigenvalue weighted by Crippen LogP contribution is -2.31. The summed E-state index contributed by atoms with van der Waals surface area (Å²) in [6.45, 7) is 17.9. The number of carbonyl (C=O) groups excluding carboxylic acids is 1. The van der Waals surface area contributed by atoms with E-state index in [0.29, 0.717) is 5.56 Å². The lowest BCUT2D eigenvalue weighted by Gasteiger charge is -2.33. The van der Waals surface area contributed by atoms with Crippen LogP contribution in [-0.4, -0.2) is 17.7 Å². The van der Waals surface area contributed by atoms with Crippen molar-refractivity contribution < 1.29 is 18.4 Å². The average Bonchev–Trinajstić information content (AvgIpc) is 2.56. The molecule has 0 fully saturated rings. The highest BCUT2D eigenvalue weighted by molar-refractivity contribution is 7.72. The first-order chi connectivity index (χ1) is 12.4. The number of aryl methyl sites for hydroxylation is 1. The van der Waals surface area contributed by atoms with Crippen LogP contribution in [0.2, 0.25) is 0 Å². The molecule has 0 amide bonds. The minimum absolute atomic E-state index is 0.114. The van der Waals surface area contributed by atoms with E-state index < -0.39 is 13.1 Å². The van der Waals surface area contributed by atoms with Crippen LogP contribution in [0.5, 0.6) is 0 Å². The van der Waals surface area contributed by atoms with E-state index in [1.165, 1.54) is 0 Å². The lowest BCUT2D eigenvalue weighted by molar-refractivity contribution is 0.0346. The summed E-state index contributed by atoms with van der Waals surface area (Å²) in [6.07, 6.45) is -0.660. The van der Waals surface area contributed by atoms with Crippen molar-refractivity contribution in [1.82, 2.24) is 0 Å². The molecule has 0 aliphatic heterocycles. The number of benzene rings is 1. The maximum absolute atomic E-state index is 13.9. The molecule has 1 aromatic rings. The molecule has 27 heavy (non-hydrogen) atoms. The SMILES string of the molecule is Cc1ccccc1C(=O)P(=O)(OC(C(C)C)C(C)C)OC(C(C)C)C(C)C. The van der Waals surface area contributed by atoms with Gasteiger partial charge >= 0.3 is 7.60 Å². The zero-order valence-electron chi connectivity index (χ0n) is 18.4. The van der Waals surface area contributed by atoms with Crippen LogP contribution in [0.3, 0.4) is 0 Å². The molecule has 0 spiro atoms. The van der Waals surface area contributed by atoms with Crippen molar-refractivity contribution >= 4 is 13.1 Å². The normalized spacial score (nSPS) is 13.0. The van der Waals surface area contributed by atoms with Crippen LogP contribution in [0.4, 0.5) is 0 Å². The minimum atomic E-state index is -4.03. The summed E-state index contributed by atoms with van der Waals surface area (Å²) in [4.78, 5) is 13.3. The second kappa shape index (κ2) is 10.0. The van der Waals surface area contributed by atoms with Crippen LogP contribution in [-0.2, 0) is 13.6 Å². The standard InChI is InChI=1S/C22H37O4P/c1-14(2)20(15(3)4)25-27(24,26-21(16(5)6)17(7)8)22(23)19-13-11-10-12-18(19)9/h10-17,20-21H,1-9H3. The van der Waals surface area contributed by atoms with E-state index in [1.807, 2.05) is 74.4 Å². The summed E-state index contributed by atoms with van der Waals surface area (Å²) in [7, 11) is -4.03. The topological polar surface area (TPSA) is 52.6 Å². The molecule has 4 nitrogen and oxygen atoms in total. The first-order valence-electron chi connectivity index (χ1n) is 9.98. The maximum atomic E-state index is 13.9. The highest BCUT2D eigenvalue weighted by atomic mass is 31.2. The summed E-state index contributed by atoms with van der Waals surface area (Å²) < 4.78 is 26.0. The third-order valence-corrected chi connectivity index (χ3v) is 6.55. The summed E-state index contributed by atoms with van der Waals surface area (Å²) in [5, 5.41) is 0. The van der Waals surface area contributed by atoms with E-state index in [0.717, 1.165) is 5.56 Å².